The zero-order valence-corrected chi connectivity index (χ0v) is 16.5. The number of carbonyl (C=O) groups excluding carboxylic acids is 1. The summed E-state index contributed by atoms with van der Waals surface area (Å²) in [6.45, 7) is 1.47. The van der Waals surface area contributed by atoms with Crippen LogP contribution in [0.2, 0.25) is 0 Å². The van der Waals surface area contributed by atoms with Gasteiger partial charge in [0.15, 0.2) is 5.78 Å². The fourth-order valence-electron chi connectivity index (χ4n) is 3.52. The van der Waals surface area contributed by atoms with Crippen LogP contribution >= 0.6 is 11.8 Å². The Morgan fingerprint density at radius 2 is 1.85 bits per heavy atom. The highest BCUT2D eigenvalue weighted by molar-refractivity contribution is 7.99. The Bertz CT molecular complexity index is 842. The first-order chi connectivity index (χ1) is 12.9. The van der Waals surface area contributed by atoms with Gasteiger partial charge in [0.05, 0.1) is 4.92 Å². The fraction of sp³-hybridized carbons (Fsp3) is 0.350. The van der Waals surface area contributed by atoms with Gasteiger partial charge >= 0.3 is 0 Å². The van der Waals surface area contributed by atoms with Gasteiger partial charge in [0.25, 0.3) is 5.69 Å². The van der Waals surface area contributed by atoms with Gasteiger partial charge in [-0.25, -0.2) is 0 Å². The van der Waals surface area contributed by atoms with E-state index in [1.807, 2.05) is 20.2 Å². The number of hydrogen-bond donors (Lipinski definition) is 0. The molecule has 1 aliphatic rings. The Morgan fingerprint density at radius 3 is 2.41 bits per heavy atom. The SMILES string of the molecule is CS[C@H]1CN(c2ccc(C(=O)c3ccccc3)cc2[N+](=O)[O-])C[C@@H]1N(C)C. The average Bonchev–Trinajstić information content (AvgIpc) is 3.12. The van der Waals surface area contributed by atoms with Crippen molar-refractivity contribution in [3.05, 3.63) is 69.8 Å². The van der Waals surface area contributed by atoms with E-state index in [0.717, 1.165) is 13.1 Å². The summed E-state index contributed by atoms with van der Waals surface area (Å²) in [7, 11) is 4.07. The van der Waals surface area contributed by atoms with Gasteiger partial charge in [-0.3, -0.25) is 14.9 Å². The third-order valence-electron chi connectivity index (χ3n) is 5.01. The molecule has 142 valence electrons. The van der Waals surface area contributed by atoms with E-state index in [9.17, 15) is 14.9 Å². The normalized spacial score (nSPS) is 19.5. The van der Waals surface area contributed by atoms with Crippen LogP contribution in [0.3, 0.4) is 0 Å². The Morgan fingerprint density at radius 1 is 1.15 bits per heavy atom. The van der Waals surface area contributed by atoms with Gasteiger partial charge < -0.3 is 9.80 Å². The van der Waals surface area contributed by atoms with Crippen molar-refractivity contribution in [1.29, 1.82) is 0 Å². The van der Waals surface area contributed by atoms with E-state index in [1.54, 1.807) is 48.2 Å². The standard InChI is InChI=1S/C20H23N3O3S/c1-21(2)18-12-22(13-19(18)27-3)16-10-9-15(11-17(16)23(25)26)20(24)14-7-5-4-6-8-14/h4-11,18-19H,12-13H2,1-3H3/t18-,19-/m0/s1. The first-order valence-corrected chi connectivity index (χ1v) is 10.0. The second-order valence-electron chi connectivity index (χ2n) is 6.87. The average molecular weight is 385 g/mol. The number of carbonyl (C=O) groups is 1. The highest BCUT2D eigenvalue weighted by Crippen LogP contribution is 2.35. The van der Waals surface area contributed by atoms with Crippen LogP contribution in [0.1, 0.15) is 15.9 Å². The van der Waals surface area contributed by atoms with Crippen LogP contribution in [-0.4, -0.2) is 60.3 Å². The molecule has 1 saturated heterocycles. The maximum atomic E-state index is 12.6. The molecule has 1 heterocycles. The first-order valence-electron chi connectivity index (χ1n) is 8.74. The molecule has 0 amide bonds. The van der Waals surface area contributed by atoms with Crippen LogP contribution in [0.15, 0.2) is 48.5 Å². The fourth-order valence-corrected chi connectivity index (χ4v) is 4.49. The van der Waals surface area contributed by atoms with Crippen LogP contribution < -0.4 is 4.90 Å². The molecule has 3 rings (SSSR count). The molecule has 0 aromatic heterocycles. The lowest BCUT2D eigenvalue weighted by Gasteiger charge is -2.23. The van der Waals surface area contributed by atoms with E-state index in [1.165, 1.54) is 6.07 Å². The zero-order valence-electron chi connectivity index (χ0n) is 15.7. The highest BCUT2D eigenvalue weighted by atomic mass is 32.2. The lowest BCUT2D eigenvalue weighted by molar-refractivity contribution is -0.384. The van der Waals surface area contributed by atoms with Crippen LogP contribution in [-0.2, 0) is 0 Å². The van der Waals surface area contributed by atoms with Crippen LogP contribution in [0.4, 0.5) is 11.4 Å². The van der Waals surface area contributed by atoms with Crippen molar-refractivity contribution in [3.63, 3.8) is 0 Å². The Balaban J connectivity index is 1.94. The van der Waals surface area contributed by atoms with Gasteiger partial charge in [0.2, 0.25) is 0 Å². The Labute approximate surface area is 163 Å². The summed E-state index contributed by atoms with van der Waals surface area (Å²) in [5.41, 5.74) is 1.42. The lowest BCUT2D eigenvalue weighted by atomic mass is 10.0. The summed E-state index contributed by atoms with van der Waals surface area (Å²) in [6.07, 6.45) is 2.07. The molecule has 27 heavy (non-hydrogen) atoms. The van der Waals surface area contributed by atoms with E-state index in [-0.39, 0.29) is 11.5 Å². The number of rotatable bonds is 6. The number of nitro benzene ring substituents is 1. The van der Waals surface area contributed by atoms with E-state index < -0.39 is 4.92 Å². The molecule has 0 N–H and O–H groups in total. The van der Waals surface area contributed by atoms with Crippen molar-refractivity contribution < 1.29 is 9.72 Å². The zero-order chi connectivity index (χ0) is 19.6. The second kappa shape index (κ2) is 8.10. The van der Waals surface area contributed by atoms with Gasteiger partial charge in [-0.2, -0.15) is 11.8 Å². The number of nitro groups is 1. The summed E-state index contributed by atoms with van der Waals surface area (Å²) in [5.74, 6) is -0.208. The quantitative estimate of drug-likeness (QED) is 0.432. The third kappa shape index (κ3) is 3.99. The van der Waals surface area contributed by atoms with Crippen LogP contribution in [0, 0.1) is 10.1 Å². The minimum absolute atomic E-state index is 0.0176. The molecule has 2 aromatic rings. The maximum absolute atomic E-state index is 12.6. The molecule has 0 aliphatic carbocycles. The predicted molar refractivity (Wildman–Crippen MR) is 110 cm³/mol. The number of ketones is 1. The molecule has 0 spiro atoms. The summed E-state index contributed by atoms with van der Waals surface area (Å²) < 4.78 is 0. The van der Waals surface area contributed by atoms with Crippen molar-refractivity contribution in [1.82, 2.24) is 4.90 Å². The van der Waals surface area contributed by atoms with Crippen molar-refractivity contribution in [2.24, 2.45) is 0 Å². The van der Waals surface area contributed by atoms with E-state index >= 15 is 0 Å². The van der Waals surface area contributed by atoms with Crippen molar-refractivity contribution in [3.8, 4) is 0 Å². The third-order valence-corrected chi connectivity index (χ3v) is 6.08. The maximum Gasteiger partial charge on any atom is 0.293 e. The van der Waals surface area contributed by atoms with E-state index in [2.05, 4.69) is 16.1 Å². The number of anilines is 1. The van der Waals surface area contributed by atoms with Crippen LogP contribution in [0.25, 0.3) is 0 Å². The van der Waals surface area contributed by atoms with E-state index in [0.29, 0.717) is 28.1 Å². The van der Waals surface area contributed by atoms with Gasteiger partial charge in [0.1, 0.15) is 5.69 Å². The summed E-state index contributed by atoms with van der Waals surface area (Å²) in [6, 6.07) is 14.0. The topological polar surface area (TPSA) is 66.7 Å². The molecule has 6 nitrogen and oxygen atoms in total. The second-order valence-corrected chi connectivity index (χ2v) is 7.94. The number of benzene rings is 2. The van der Waals surface area contributed by atoms with Gasteiger partial charge in [-0.1, -0.05) is 30.3 Å². The molecule has 1 fully saturated rings. The number of nitrogens with zero attached hydrogens (tertiary/aromatic N) is 3. The number of likely N-dealkylation sites (N-methyl/N-ethyl adjacent to an activating group) is 1. The molecular weight excluding hydrogens is 362 g/mol. The molecule has 1 aliphatic heterocycles. The van der Waals surface area contributed by atoms with E-state index in [4.69, 9.17) is 0 Å². The van der Waals surface area contributed by atoms with Gasteiger partial charge in [-0.15, -0.1) is 0 Å². The Kier molecular flexibility index (Phi) is 5.82. The number of thioether (sulfide) groups is 1. The summed E-state index contributed by atoms with van der Waals surface area (Å²) >= 11 is 1.78. The summed E-state index contributed by atoms with van der Waals surface area (Å²) in [4.78, 5) is 28.2. The van der Waals surface area contributed by atoms with Gasteiger partial charge in [0, 0.05) is 41.6 Å². The monoisotopic (exact) mass is 385 g/mol. The summed E-state index contributed by atoms with van der Waals surface area (Å²) in [5, 5.41) is 12.1. The molecule has 2 aromatic carbocycles. The van der Waals surface area contributed by atoms with Gasteiger partial charge in [-0.05, 0) is 32.5 Å². The molecule has 0 unspecified atom stereocenters. The predicted octanol–water partition coefficient (Wildman–Crippen LogP) is 3.31. The minimum atomic E-state index is -0.395. The molecule has 0 saturated carbocycles. The van der Waals surface area contributed by atoms with Crippen molar-refractivity contribution in [2.75, 3.05) is 38.3 Å². The van der Waals surface area contributed by atoms with Crippen molar-refractivity contribution in [2.45, 2.75) is 11.3 Å². The first kappa shape index (κ1) is 19.4. The van der Waals surface area contributed by atoms with Crippen LogP contribution in [0.5, 0.6) is 0 Å². The van der Waals surface area contributed by atoms with Crippen molar-refractivity contribution >= 4 is 28.9 Å². The molecular formula is C20H23N3O3S. The molecule has 7 heteroatoms. The lowest BCUT2D eigenvalue weighted by Crippen LogP contribution is -2.36. The Hall–Kier alpha value is -2.38. The molecule has 2 atom stereocenters. The number of hydrogen-bond acceptors (Lipinski definition) is 6. The molecule has 0 bridgehead atoms. The molecule has 0 radical (unpaired) electrons. The minimum Gasteiger partial charge on any atom is -0.363 e. The largest absolute Gasteiger partial charge is 0.363 e. The smallest absolute Gasteiger partial charge is 0.293 e. The highest BCUT2D eigenvalue weighted by Gasteiger charge is 2.36.